The summed E-state index contributed by atoms with van der Waals surface area (Å²) in [5.41, 5.74) is 1.09. The Morgan fingerprint density at radius 3 is 2.80 bits per heavy atom. The van der Waals surface area contributed by atoms with Crippen molar-refractivity contribution in [2.75, 3.05) is 0 Å². The van der Waals surface area contributed by atoms with Crippen LogP contribution in [-0.2, 0) is 0 Å². The predicted molar refractivity (Wildman–Crippen MR) is 37.6 cm³/mol. The van der Waals surface area contributed by atoms with E-state index in [1.165, 1.54) is 6.20 Å². The normalized spacial score (nSPS) is 8.30. The molecule has 0 radical (unpaired) electrons. The minimum Gasteiger partial charge on any atom is -0.296 e. The van der Waals surface area contributed by atoms with Gasteiger partial charge in [-0.2, -0.15) is 0 Å². The SMILES string of the molecule is C#Cc1ccc(C=O)nc1. The third kappa shape index (κ3) is 1.20. The van der Waals surface area contributed by atoms with E-state index < -0.39 is 0 Å². The molecule has 0 saturated heterocycles. The summed E-state index contributed by atoms with van der Waals surface area (Å²) in [4.78, 5) is 13.8. The van der Waals surface area contributed by atoms with Gasteiger partial charge in [-0.25, -0.2) is 0 Å². The van der Waals surface area contributed by atoms with Gasteiger partial charge in [-0.3, -0.25) is 9.78 Å². The molecule has 1 heterocycles. The average molecular weight is 131 g/mol. The first-order chi connectivity index (χ1) is 4.86. The van der Waals surface area contributed by atoms with Gasteiger partial charge in [-0.15, -0.1) is 6.42 Å². The summed E-state index contributed by atoms with van der Waals surface area (Å²) < 4.78 is 0. The maximum absolute atomic E-state index is 10.1. The number of terminal acetylenes is 1. The van der Waals surface area contributed by atoms with Crippen LogP contribution in [0.25, 0.3) is 0 Å². The Hall–Kier alpha value is -1.62. The lowest BCUT2D eigenvalue weighted by atomic mass is 10.3. The van der Waals surface area contributed by atoms with E-state index >= 15 is 0 Å². The number of aldehydes is 1. The molecule has 2 heteroatoms. The van der Waals surface area contributed by atoms with E-state index in [9.17, 15) is 4.79 Å². The van der Waals surface area contributed by atoms with E-state index in [1.54, 1.807) is 12.1 Å². The largest absolute Gasteiger partial charge is 0.296 e. The molecule has 0 N–H and O–H groups in total. The van der Waals surface area contributed by atoms with Crippen molar-refractivity contribution in [3.05, 3.63) is 29.6 Å². The van der Waals surface area contributed by atoms with Gasteiger partial charge < -0.3 is 0 Å². The number of aromatic nitrogens is 1. The Morgan fingerprint density at radius 1 is 1.60 bits per heavy atom. The number of carbonyl (C=O) groups is 1. The molecule has 0 saturated carbocycles. The van der Waals surface area contributed by atoms with Crippen LogP contribution < -0.4 is 0 Å². The number of carbonyl (C=O) groups excluding carboxylic acids is 1. The van der Waals surface area contributed by atoms with Crippen LogP contribution in [0.2, 0.25) is 0 Å². The average Bonchev–Trinajstić information content (AvgIpc) is 2.05. The van der Waals surface area contributed by atoms with Gasteiger partial charge in [0.1, 0.15) is 5.69 Å². The van der Waals surface area contributed by atoms with E-state index in [-0.39, 0.29) is 0 Å². The quantitative estimate of drug-likeness (QED) is 0.418. The first-order valence-corrected chi connectivity index (χ1v) is 2.74. The molecule has 0 aliphatic heterocycles. The second kappa shape index (κ2) is 2.79. The summed E-state index contributed by atoms with van der Waals surface area (Å²) in [6.45, 7) is 0. The van der Waals surface area contributed by atoms with Gasteiger partial charge in [-0.05, 0) is 12.1 Å². The molecule has 2 nitrogen and oxygen atoms in total. The maximum atomic E-state index is 10.1. The molecule has 0 unspecified atom stereocenters. The summed E-state index contributed by atoms with van der Waals surface area (Å²) in [6, 6.07) is 3.26. The minimum atomic E-state index is 0.402. The van der Waals surface area contributed by atoms with Crippen LogP contribution in [0.5, 0.6) is 0 Å². The lowest BCUT2D eigenvalue weighted by Crippen LogP contribution is -1.85. The van der Waals surface area contributed by atoms with Gasteiger partial charge in [0.05, 0.1) is 0 Å². The number of nitrogens with zero attached hydrogens (tertiary/aromatic N) is 1. The van der Waals surface area contributed by atoms with Crippen molar-refractivity contribution in [3.8, 4) is 12.3 Å². The van der Waals surface area contributed by atoms with Gasteiger partial charge in [0, 0.05) is 11.8 Å². The first-order valence-electron chi connectivity index (χ1n) is 2.74. The zero-order valence-corrected chi connectivity index (χ0v) is 5.24. The summed E-state index contributed by atoms with van der Waals surface area (Å²) in [5.74, 6) is 2.40. The van der Waals surface area contributed by atoms with Crippen molar-refractivity contribution in [3.63, 3.8) is 0 Å². The molecular weight excluding hydrogens is 126 g/mol. The van der Waals surface area contributed by atoms with Crippen LogP contribution in [-0.4, -0.2) is 11.3 Å². The number of hydrogen-bond donors (Lipinski definition) is 0. The van der Waals surface area contributed by atoms with Crippen molar-refractivity contribution in [1.82, 2.24) is 4.98 Å². The van der Waals surface area contributed by atoms with E-state index in [0.29, 0.717) is 17.5 Å². The van der Waals surface area contributed by atoms with Crippen LogP contribution in [0.3, 0.4) is 0 Å². The Balaban J connectivity index is 3.04. The highest BCUT2D eigenvalue weighted by Crippen LogP contribution is 1.94. The third-order valence-corrected chi connectivity index (χ3v) is 1.07. The maximum Gasteiger partial charge on any atom is 0.168 e. The van der Waals surface area contributed by atoms with Crippen molar-refractivity contribution < 1.29 is 4.79 Å². The number of hydrogen-bond acceptors (Lipinski definition) is 2. The molecule has 1 aromatic heterocycles. The molecule has 0 aliphatic carbocycles. The van der Waals surface area contributed by atoms with E-state index in [1.807, 2.05) is 0 Å². The third-order valence-electron chi connectivity index (χ3n) is 1.07. The van der Waals surface area contributed by atoms with Crippen molar-refractivity contribution in [1.29, 1.82) is 0 Å². The van der Waals surface area contributed by atoms with E-state index in [2.05, 4.69) is 10.9 Å². The standard InChI is InChI=1S/C8H5NO/c1-2-7-3-4-8(6-10)9-5-7/h1,3-6H. The lowest BCUT2D eigenvalue weighted by Gasteiger charge is -1.88. The van der Waals surface area contributed by atoms with Crippen LogP contribution in [0.4, 0.5) is 0 Å². The summed E-state index contributed by atoms with van der Waals surface area (Å²) in [7, 11) is 0. The highest BCUT2D eigenvalue weighted by Gasteiger charge is 1.88. The molecule has 10 heavy (non-hydrogen) atoms. The second-order valence-electron chi connectivity index (χ2n) is 1.73. The molecule has 1 aromatic rings. The van der Waals surface area contributed by atoms with E-state index in [4.69, 9.17) is 6.42 Å². The Kier molecular flexibility index (Phi) is 1.81. The smallest absolute Gasteiger partial charge is 0.168 e. The van der Waals surface area contributed by atoms with Crippen molar-refractivity contribution in [2.45, 2.75) is 0 Å². The zero-order valence-electron chi connectivity index (χ0n) is 5.24. The van der Waals surface area contributed by atoms with Crippen LogP contribution in [0.15, 0.2) is 18.3 Å². The van der Waals surface area contributed by atoms with Gasteiger partial charge >= 0.3 is 0 Å². The fraction of sp³-hybridized carbons (Fsp3) is 0. The van der Waals surface area contributed by atoms with Gasteiger partial charge in [-0.1, -0.05) is 5.92 Å². The van der Waals surface area contributed by atoms with Crippen molar-refractivity contribution >= 4 is 6.29 Å². The molecular formula is C8H5NO. The minimum absolute atomic E-state index is 0.402. The van der Waals surface area contributed by atoms with Crippen molar-refractivity contribution in [2.24, 2.45) is 0 Å². The highest BCUT2D eigenvalue weighted by molar-refractivity contribution is 5.71. The summed E-state index contributed by atoms with van der Waals surface area (Å²) in [5, 5.41) is 0. The lowest BCUT2D eigenvalue weighted by molar-refractivity contribution is 0.111. The van der Waals surface area contributed by atoms with Gasteiger partial charge in [0.25, 0.3) is 0 Å². The molecule has 48 valence electrons. The fourth-order valence-corrected chi connectivity index (χ4v) is 0.560. The fourth-order valence-electron chi connectivity index (χ4n) is 0.560. The number of pyridine rings is 1. The van der Waals surface area contributed by atoms with Gasteiger partial charge in [0.15, 0.2) is 6.29 Å². The Labute approximate surface area is 58.9 Å². The van der Waals surface area contributed by atoms with E-state index in [0.717, 1.165) is 0 Å². The molecule has 0 spiro atoms. The second-order valence-corrected chi connectivity index (χ2v) is 1.73. The van der Waals surface area contributed by atoms with Crippen LogP contribution in [0.1, 0.15) is 16.1 Å². The molecule has 0 aromatic carbocycles. The van der Waals surface area contributed by atoms with Crippen LogP contribution in [0, 0.1) is 12.3 Å². The van der Waals surface area contributed by atoms with Crippen LogP contribution >= 0.6 is 0 Å². The molecule has 1 rings (SSSR count). The predicted octanol–water partition coefficient (Wildman–Crippen LogP) is 0.875. The first kappa shape index (κ1) is 6.50. The summed E-state index contributed by atoms with van der Waals surface area (Å²) in [6.07, 6.45) is 7.23. The monoisotopic (exact) mass is 131 g/mol. The Bertz CT molecular complexity index is 268. The highest BCUT2D eigenvalue weighted by atomic mass is 16.1. The number of rotatable bonds is 1. The summed E-state index contributed by atoms with van der Waals surface area (Å²) >= 11 is 0. The Morgan fingerprint density at radius 2 is 2.40 bits per heavy atom. The van der Waals surface area contributed by atoms with Gasteiger partial charge in [0.2, 0.25) is 0 Å². The molecule has 0 bridgehead atoms. The molecule has 0 amide bonds. The molecule has 0 fully saturated rings. The zero-order chi connectivity index (χ0) is 7.40. The molecule has 0 aliphatic rings. The topological polar surface area (TPSA) is 30.0 Å². The molecule has 0 atom stereocenters.